The molecule has 0 heterocycles. The van der Waals surface area contributed by atoms with Gasteiger partial charge in [0.05, 0.1) is 0 Å². The van der Waals surface area contributed by atoms with Gasteiger partial charge >= 0.3 is 0 Å². The maximum Gasteiger partial charge on any atom is 0.0109 e. The van der Waals surface area contributed by atoms with Gasteiger partial charge in [-0.05, 0) is 32.6 Å². The monoisotopic (exact) mass is 181 g/mol. The summed E-state index contributed by atoms with van der Waals surface area (Å²) in [5.74, 6) is 0.679. The molecular formula is C12H23N. The van der Waals surface area contributed by atoms with Crippen LogP contribution in [0.3, 0.4) is 0 Å². The van der Waals surface area contributed by atoms with Crippen LogP contribution in [-0.4, -0.2) is 6.54 Å². The van der Waals surface area contributed by atoms with Crippen LogP contribution in [0.25, 0.3) is 0 Å². The number of rotatable bonds is 5. The van der Waals surface area contributed by atoms with E-state index < -0.39 is 0 Å². The van der Waals surface area contributed by atoms with Crippen molar-refractivity contribution in [2.24, 2.45) is 11.7 Å². The molecule has 0 spiro atoms. The molecule has 0 unspecified atom stereocenters. The molecule has 1 nitrogen and oxygen atoms in total. The van der Waals surface area contributed by atoms with Crippen molar-refractivity contribution in [3.8, 4) is 0 Å². The molecule has 0 radical (unpaired) electrons. The molecule has 0 aromatic rings. The van der Waals surface area contributed by atoms with Crippen LogP contribution in [0.4, 0.5) is 0 Å². The molecular weight excluding hydrogens is 158 g/mol. The van der Waals surface area contributed by atoms with Crippen LogP contribution in [0.15, 0.2) is 23.3 Å². The molecule has 0 aromatic heterocycles. The lowest BCUT2D eigenvalue weighted by Crippen LogP contribution is -1.94. The van der Waals surface area contributed by atoms with Crippen LogP contribution < -0.4 is 5.73 Å². The zero-order chi connectivity index (χ0) is 10.3. The van der Waals surface area contributed by atoms with Gasteiger partial charge in [-0.1, -0.05) is 37.1 Å². The minimum Gasteiger partial charge on any atom is -0.327 e. The van der Waals surface area contributed by atoms with Crippen LogP contribution in [0.2, 0.25) is 0 Å². The van der Waals surface area contributed by atoms with E-state index >= 15 is 0 Å². The summed E-state index contributed by atoms with van der Waals surface area (Å²) >= 11 is 0. The number of hydrogen-bond acceptors (Lipinski definition) is 1. The molecule has 0 aromatic carbocycles. The van der Waals surface area contributed by atoms with Crippen molar-refractivity contribution in [3.05, 3.63) is 23.3 Å². The SMILES string of the molecule is CC(=CCC/C(C)=C\CN)C(C)C. The summed E-state index contributed by atoms with van der Waals surface area (Å²) in [7, 11) is 0. The second-order valence-electron chi connectivity index (χ2n) is 3.93. The lowest BCUT2D eigenvalue weighted by atomic mass is 10.0. The summed E-state index contributed by atoms with van der Waals surface area (Å²) < 4.78 is 0. The van der Waals surface area contributed by atoms with Crippen LogP contribution in [0, 0.1) is 5.92 Å². The summed E-state index contributed by atoms with van der Waals surface area (Å²) in [5.41, 5.74) is 8.30. The first-order valence-corrected chi connectivity index (χ1v) is 5.10. The number of nitrogens with two attached hydrogens (primary N) is 1. The molecule has 0 aliphatic carbocycles. The second-order valence-corrected chi connectivity index (χ2v) is 3.93. The van der Waals surface area contributed by atoms with E-state index in [0.717, 1.165) is 12.8 Å². The lowest BCUT2D eigenvalue weighted by molar-refractivity contribution is 0.758. The van der Waals surface area contributed by atoms with Crippen molar-refractivity contribution in [2.75, 3.05) is 6.54 Å². The Morgan fingerprint density at radius 1 is 1.23 bits per heavy atom. The maximum atomic E-state index is 5.42. The smallest absolute Gasteiger partial charge is 0.0109 e. The lowest BCUT2D eigenvalue weighted by Gasteiger charge is -2.04. The zero-order valence-corrected chi connectivity index (χ0v) is 9.43. The molecule has 0 amide bonds. The Balaban J connectivity index is 3.78. The molecule has 0 aliphatic rings. The minimum atomic E-state index is 0.665. The Kier molecular flexibility index (Phi) is 6.61. The van der Waals surface area contributed by atoms with E-state index in [1.807, 2.05) is 0 Å². The molecule has 0 rings (SSSR count). The third kappa shape index (κ3) is 6.59. The third-order valence-corrected chi connectivity index (χ3v) is 2.38. The fourth-order valence-corrected chi connectivity index (χ4v) is 1.07. The van der Waals surface area contributed by atoms with Gasteiger partial charge in [-0.15, -0.1) is 0 Å². The highest BCUT2D eigenvalue weighted by Crippen LogP contribution is 2.11. The Labute approximate surface area is 82.7 Å². The van der Waals surface area contributed by atoms with Crippen molar-refractivity contribution >= 4 is 0 Å². The largest absolute Gasteiger partial charge is 0.327 e. The first-order chi connectivity index (χ1) is 6.07. The van der Waals surface area contributed by atoms with Gasteiger partial charge in [-0.25, -0.2) is 0 Å². The average Bonchev–Trinajstić information content (AvgIpc) is 2.04. The molecule has 1 heteroatoms. The first kappa shape index (κ1) is 12.4. The van der Waals surface area contributed by atoms with Crippen LogP contribution in [-0.2, 0) is 0 Å². The third-order valence-electron chi connectivity index (χ3n) is 2.38. The fourth-order valence-electron chi connectivity index (χ4n) is 1.07. The van der Waals surface area contributed by atoms with Crippen molar-refractivity contribution in [1.29, 1.82) is 0 Å². The second kappa shape index (κ2) is 6.90. The Hall–Kier alpha value is -0.560. The summed E-state index contributed by atoms with van der Waals surface area (Å²) in [6.07, 6.45) is 6.71. The summed E-state index contributed by atoms with van der Waals surface area (Å²) in [6.45, 7) is 9.47. The number of hydrogen-bond donors (Lipinski definition) is 1. The number of allylic oxidation sites excluding steroid dienone is 3. The Morgan fingerprint density at radius 3 is 2.31 bits per heavy atom. The molecule has 2 N–H and O–H groups in total. The summed E-state index contributed by atoms with van der Waals surface area (Å²) in [5, 5.41) is 0. The van der Waals surface area contributed by atoms with Gasteiger partial charge in [0.1, 0.15) is 0 Å². The van der Waals surface area contributed by atoms with Crippen molar-refractivity contribution in [2.45, 2.75) is 40.5 Å². The first-order valence-electron chi connectivity index (χ1n) is 5.10. The average molecular weight is 181 g/mol. The van der Waals surface area contributed by atoms with E-state index in [1.54, 1.807) is 0 Å². The van der Waals surface area contributed by atoms with Gasteiger partial charge < -0.3 is 5.73 Å². The van der Waals surface area contributed by atoms with Crippen LogP contribution in [0.1, 0.15) is 40.5 Å². The zero-order valence-electron chi connectivity index (χ0n) is 9.43. The minimum absolute atomic E-state index is 0.665. The van der Waals surface area contributed by atoms with Gasteiger partial charge in [0.15, 0.2) is 0 Å². The van der Waals surface area contributed by atoms with E-state index in [4.69, 9.17) is 5.73 Å². The maximum absolute atomic E-state index is 5.42. The molecule has 0 bridgehead atoms. The van der Waals surface area contributed by atoms with Crippen molar-refractivity contribution in [1.82, 2.24) is 0 Å². The Morgan fingerprint density at radius 2 is 1.85 bits per heavy atom. The van der Waals surface area contributed by atoms with Gasteiger partial charge in [0.25, 0.3) is 0 Å². The van der Waals surface area contributed by atoms with E-state index in [9.17, 15) is 0 Å². The van der Waals surface area contributed by atoms with E-state index in [2.05, 4.69) is 39.8 Å². The van der Waals surface area contributed by atoms with Crippen LogP contribution in [0.5, 0.6) is 0 Å². The molecule has 0 atom stereocenters. The molecule has 0 aliphatic heterocycles. The topological polar surface area (TPSA) is 26.0 Å². The predicted molar refractivity (Wildman–Crippen MR) is 60.6 cm³/mol. The van der Waals surface area contributed by atoms with E-state index in [0.29, 0.717) is 12.5 Å². The summed E-state index contributed by atoms with van der Waals surface area (Å²) in [6, 6.07) is 0. The molecule has 13 heavy (non-hydrogen) atoms. The Bertz CT molecular complexity index is 187. The fraction of sp³-hybridized carbons (Fsp3) is 0.667. The standard InChI is InChI=1S/C12H23N/c1-10(2)12(4)7-5-6-11(3)8-9-13/h7-8,10H,5-6,9,13H2,1-4H3/b11-8-,12-7?. The summed E-state index contributed by atoms with van der Waals surface area (Å²) in [4.78, 5) is 0. The highest BCUT2D eigenvalue weighted by Gasteiger charge is 1.94. The molecule has 76 valence electrons. The van der Waals surface area contributed by atoms with E-state index in [1.165, 1.54) is 11.1 Å². The van der Waals surface area contributed by atoms with Gasteiger partial charge in [-0.2, -0.15) is 0 Å². The van der Waals surface area contributed by atoms with E-state index in [-0.39, 0.29) is 0 Å². The van der Waals surface area contributed by atoms with Crippen LogP contribution >= 0.6 is 0 Å². The highest BCUT2D eigenvalue weighted by atomic mass is 14.5. The predicted octanol–water partition coefficient (Wildman–Crippen LogP) is 3.27. The normalized spacial score (nSPS) is 14.0. The highest BCUT2D eigenvalue weighted by molar-refractivity contribution is 5.05. The molecule has 0 saturated heterocycles. The van der Waals surface area contributed by atoms with Gasteiger partial charge in [-0.3, -0.25) is 0 Å². The van der Waals surface area contributed by atoms with Crippen molar-refractivity contribution in [3.63, 3.8) is 0 Å². The van der Waals surface area contributed by atoms with Gasteiger partial charge in [0, 0.05) is 6.54 Å². The molecule has 0 fully saturated rings. The quantitative estimate of drug-likeness (QED) is 0.647. The van der Waals surface area contributed by atoms with Crippen molar-refractivity contribution < 1.29 is 0 Å². The molecule has 0 saturated carbocycles. The van der Waals surface area contributed by atoms with Gasteiger partial charge in [0.2, 0.25) is 0 Å².